The lowest BCUT2D eigenvalue weighted by molar-refractivity contribution is -0.117. The van der Waals surface area contributed by atoms with Crippen molar-refractivity contribution in [3.8, 4) is 0 Å². The number of para-hydroxylation sites is 1. The molecule has 0 spiro atoms. The number of carbonyl (C=O) groups is 1. The number of carbonyl (C=O) groups excluding carboxylic acids is 1. The Labute approximate surface area is 191 Å². The SMILES string of the molecule is C=CCSc1ccccc1NC(=O)CN1CCN(S(=O)(=O)c2ccc(F)c(Cl)c2)CC1. The third-order valence-corrected chi connectivity index (χ3v) is 8.00. The maximum atomic E-state index is 13.4. The predicted octanol–water partition coefficient (Wildman–Crippen LogP) is 3.70. The molecular weight excluding hydrogens is 461 g/mol. The molecule has 1 saturated heterocycles. The van der Waals surface area contributed by atoms with E-state index in [4.69, 9.17) is 11.6 Å². The number of piperazine rings is 1. The topological polar surface area (TPSA) is 69.7 Å². The first-order valence-electron chi connectivity index (χ1n) is 9.61. The van der Waals surface area contributed by atoms with E-state index in [9.17, 15) is 17.6 Å². The van der Waals surface area contributed by atoms with Gasteiger partial charge in [-0.2, -0.15) is 4.31 Å². The van der Waals surface area contributed by atoms with Crippen LogP contribution in [0.4, 0.5) is 10.1 Å². The highest BCUT2D eigenvalue weighted by molar-refractivity contribution is 7.99. The Morgan fingerprint density at radius 3 is 2.58 bits per heavy atom. The minimum absolute atomic E-state index is 0.0428. The normalized spacial score (nSPS) is 15.5. The minimum Gasteiger partial charge on any atom is -0.324 e. The molecule has 1 aliphatic rings. The molecule has 1 amide bonds. The van der Waals surface area contributed by atoms with E-state index in [2.05, 4.69) is 11.9 Å². The summed E-state index contributed by atoms with van der Waals surface area (Å²) in [6.45, 7) is 5.16. The summed E-state index contributed by atoms with van der Waals surface area (Å²) in [7, 11) is -3.77. The number of anilines is 1. The summed E-state index contributed by atoms with van der Waals surface area (Å²) in [4.78, 5) is 15.3. The maximum Gasteiger partial charge on any atom is 0.243 e. The number of amides is 1. The summed E-state index contributed by atoms with van der Waals surface area (Å²) >= 11 is 7.31. The highest BCUT2D eigenvalue weighted by atomic mass is 35.5. The summed E-state index contributed by atoms with van der Waals surface area (Å²) in [6, 6.07) is 10.9. The van der Waals surface area contributed by atoms with Gasteiger partial charge in [0.2, 0.25) is 15.9 Å². The molecule has 1 heterocycles. The average Bonchev–Trinajstić information content (AvgIpc) is 2.75. The van der Waals surface area contributed by atoms with Crippen molar-refractivity contribution in [3.05, 3.63) is 66.0 Å². The number of rotatable bonds is 8. The van der Waals surface area contributed by atoms with Gasteiger partial charge in [-0.3, -0.25) is 9.69 Å². The van der Waals surface area contributed by atoms with Crippen molar-refractivity contribution >= 4 is 45.0 Å². The van der Waals surface area contributed by atoms with E-state index in [0.717, 1.165) is 28.5 Å². The molecule has 0 radical (unpaired) electrons. The quantitative estimate of drug-likeness (QED) is 0.458. The molecule has 0 unspecified atom stereocenters. The van der Waals surface area contributed by atoms with Crippen LogP contribution in [0, 0.1) is 5.82 Å². The molecule has 6 nitrogen and oxygen atoms in total. The fourth-order valence-corrected chi connectivity index (χ4v) is 5.59. The molecule has 2 aromatic carbocycles. The van der Waals surface area contributed by atoms with E-state index < -0.39 is 15.8 Å². The molecule has 1 fully saturated rings. The second kappa shape index (κ2) is 10.6. The van der Waals surface area contributed by atoms with Crippen molar-refractivity contribution in [2.45, 2.75) is 9.79 Å². The number of nitrogens with one attached hydrogen (secondary N) is 1. The monoisotopic (exact) mass is 483 g/mol. The van der Waals surface area contributed by atoms with Gasteiger partial charge in [-0.25, -0.2) is 12.8 Å². The number of sulfonamides is 1. The van der Waals surface area contributed by atoms with E-state index in [1.807, 2.05) is 29.2 Å². The van der Waals surface area contributed by atoms with Gasteiger partial charge in [-0.05, 0) is 30.3 Å². The third-order valence-electron chi connectivity index (χ3n) is 4.75. The summed E-state index contributed by atoms with van der Waals surface area (Å²) < 4.78 is 40.2. The second-order valence-electron chi connectivity index (χ2n) is 6.90. The van der Waals surface area contributed by atoms with E-state index in [-0.39, 0.29) is 35.5 Å². The summed E-state index contributed by atoms with van der Waals surface area (Å²) in [5.41, 5.74) is 0.744. The van der Waals surface area contributed by atoms with Crippen LogP contribution in [0.1, 0.15) is 0 Å². The van der Waals surface area contributed by atoms with E-state index in [1.54, 1.807) is 17.8 Å². The van der Waals surface area contributed by atoms with Crippen LogP contribution in [-0.2, 0) is 14.8 Å². The highest BCUT2D eigenvalue weighted by Crippen LogP contribution is 2.27. The molecule has 3 rings (SSSR count). The first-order valence-corrected chi connectivity index (χ1v) is 12.4. The lowest BCUT2D eigenvalue weighted by Crippen LogP contribution is -2.50. The Bertz CT molecular complexity index is 1060. The zero-order valence-electron chi connectivity index (χ0n) is 16.8. The molecule has 31 heavy (non-hydrogen) atoms. The Morgan fingerprint density at radius 1 is 1.19 bits per heavy atom. The van der Waals surface area contributed by atoms with Gasteiger partial charge in [0.05, 0.1) is 22.2 Å². The van der Waals surface area contributed by atoms with Crippen molar-refractivity contribution < 1.29 is 17.6 Å². The molecule has 2 aromatic rings. The average molecular weight is 484 g/mol. The van der Waals surface area contributed by atoms with Gasteiger partial charge in [0.1, 0.15) is 5.82 Å². The van der Waals surface area contributed by atoms with Gasteiger partial charge < -0.3 is 5.32 Å². The maximum absolute atomic E-state index is 13.4. The van der Waals surface area contributed by atoms with Gasteiger partial charge in [0, 0.05) is 36.8 Å². The van der Waals surface area contributed by atoms with Crippen LogP contribution in [0.5, 0.6) is 0 Å². The van der Waals surface area contributed by atoms with Crippen molar-refractivity contribution in [2.24, 2.45) is 0 Å². The van der Waals surface area contributed by atoms with Gasteiger partial charge >= 0.3 is 0 Å². The minimum atomic E-state index is -3.77. The largest absolute Gasteiger partial charge is 0.324 e. The smallest absolute Gasteiger partial charge is 0.243 e. The van der Waals surface area contributed by atoms with Crippen LogP contribution in [0.15, 0.2) is 64.9 Å². The summed E-state index contributed by atoms with van der Waals surface area (Å²) in [5.74, 6) is -0.0861. The first-order chi connectivity index (χ1) is 14.8. The van der Waals surface area contributed by atoms with Crippen LogP contribution >= 0.6 is 23.4 Å². The number of hydrogen-bond acceptors (Lipinski definition) is 5. The second-order valence-corrected chi connectivity index (χ2v) is 10.3. The Hall–Kier alpha value is -1.91. The molecule has 10 heteroatoms. The number of thioether (sulfide) groups is 1. The molecular formula is C21H23ClFN3O3S2. The van der Waals surface area contributed by atoms with Gasteiger partial charge in [-0.15, -0.1) is 18.3 Å². The summed E-state index contributed by atoms with van der Waals surface area (Å²) in [5, 5.41) is 2.69. The zero-order chi connectivity index (χ0) is 22.4. The fourth-order valence-electron chi connectivity index (χ4n) is 3.15. The number of hydrogen-bond donors (Lipinski definition) is 1. The Balaban J connectivity index is 1.56. The number of halogens is 2. The fraction of sp³-hybridized carbons (Fsp3) is 0.286. The van der Waals surface area contributed by atoms with Crippen LogP contribution in [-0.4, -0.2) is 62.0 Å². The lowest BCUT2D eigenvalue weighted by atomic mass is 10.3. The molecule has 0 atom stereocenters. The van der Waals surface area contributed by atoms with Crippen LogP contribution in [0.3, 0.4) is 0 Å². The number of nitrogens with zero attached hydrogens (tertiary/aromatic N) is 2. The van der Waals surface area contributed by atoms with Crippen molar-refractivity contribution in [3.63, 3.8) is 0 Å². The summed E-state index contributed by atoms with van der Waals surface area (Å²) in [6.07, 6.45) is 1.80. The van der Waals surface area contributed by atoms with Gasteiger partial charge in [0.25, 0.3) is 0 Å². The Morgan fingerprint density at radius 2 is 1.90 bits per heavy atom. The Kier molecular flexibility index (Phi) is 8.12. The third kappa shape index (κ3) is 6.08. The van der Waals surface area contributed by atoms with Crippen molar-refractivity contribution in [1.82, 2.24) is 9.21 Å². The van der Waals surface area contributed by atoms with Crippen LogP contribution in [0.2, 0.25) is 5.02 Å². The van der Waals surface area contributed by atoms with Gasteiger partial charge in [-0.1, -0.05) is 29.8 Å². The highest BCUT2D eigenvalue weighted by Gasteiger charge is 2.29. The molecule has 1 N–H and O–H groups in total. The molecule has 0 aromatic heterocycles. The molecule has 0 aliphatic carbocycles. The van der Waals surface area contributed by atoms with Crippen LogP contribution in [0.25, 0.3) is 0 Å². The number of benzene rings is 2. The van der Waals surface area contributed by atoms with E-state index in [0.29, 0.717) is 13.1 Å². The van der Waals surface area contributed by atoms with E-state index in [1.165, 1.54) is 10.4 Å². The van der Waals surface area contributed by atoms with Crippen molar-refractivity contribution in [2.75, 3.05) is 43.8 Å². The first kappa shape index (κ1) is 23.7. The lowest BCUT2D eigenvalue weighted by Gasteiger charge is -2.33. The molecule has 1 aliphatic heterocycles. The molecule has 166 valence electrons. The van der Waals surface area contributed by atoms with Gasteiger partial charge in [0.15, 0.2) is 0 Å². The van der Waals surface area contributed by atoms with E-state index >= 15 is 0 Å². The van der Waals surface area contributed by atoms with Crippen molar-refractivity contribution in [1.29, 1.82) is 0 Å². The predicted molar refractivity (Wildman–Crippen MR) is 123 cm³/mol. The molecule has 0 bridgehead atoms. The molecule has 0 saturated carbocycles. The standard InChI is InChI=1S/C21H23ClFN3O3S2/c1-2-13-30-20-6-4-3-5-19(20)24-21(27)15-25-9-11-26(12-10-25)31(28,29)16-7-8-18(23)17(22)14-16/h2-8,14H,1,9-13,15H2,(H,24,27). The van der Waals surface area contributed by atoms with Crippen LogP contribution < -0.4 is 5.32 Å². The zero-order valence-corrected chi connectivity index (χ0v) is 19.1.